The first-order valence-electron chi connectivity index (χ1n) is 6.88. The topological polar surface area (TPSA) is 42.7 Å². The minimum atomic E-state index is 0.641. The molecule has 2 rings (SSSR count). The second kappa shape index (κ2) is 6.86. The maximum Gasteiger partial charge on any atom is 0.106 e. The van der Waals surface area contributed by atoms with E-state index in [0.717, 1.165) is 31.0 Å². The monoisotopic (exact) mass is 292 g/mol. The molecule has 0 aliphatic carbocycles. The van der Waals surface area contributed by atoms with E-state index in [2.05, 4.69) is 33.7 Å². The zero-order chi connectivity index (χ0) is 14.5. The highest BCUT2D eigenvalue weighted by molar-refractivity contribution is 6.31. The smallest absolute Gasteiger partial charge is 0.106 e. The van der Waals surface area contributed by atoms with Gasteiger partial charge in [-0.3, -0.25) is 4.98 Å². The number of aryl methyl sites for hydroxylation is 1. The van der Waals surface area contributed by atoms with Crippen LogP contribution in [-0.4, -0.2) is 21.1 Å². The van der Waals surface area contributed by atoms with Gasteiger partial charge in [-0.25, -0.2) is 4.98 Å². The fourth-order valence-corrected chi connectivity index (χ4v) is 2.24. The van der Waals surface area contributed by atoms with Crippen LogP contribution in [0.3, 0.4) is 0 Å². The van der Waals surface area contributed by atoms with E-state index in [1.54, 1.807) is 12.4 Å². The Hall–Kier alpha value is -1.39. The van der Waals surface area contributed by atoms with E-state index in [4.69, 9.17) is 11.6 Å². The van der Waals surface area contributed by atoms with Crippen LogP contribution < -0.4 is 5.32 Å². The van der Waals surface area contributed by atoms with Crippen molar-refractivity contribution >= 4 is 11.6 Å². The van der Waals surface area contributed by atoms with E-state index >= 15 is 0 Å². The summed E-state index contributed by atoms with van der Waals surface area (Å²) in [6.45, 7) is 8.97. The molecule has 2 heterocycles. The number of nitrogens with one attached hydrogen (secondary N) is 1. The van der Waals surface area contributed by atoms with E-state index < -0.39 is 0 Å². The minimum Gasteiger partial charge on any atom is -0.327 e. The van der Waals surface area contributed by atoms with Gasteiger partial charge in [-0.1, -0.05) is 25.4 Å². The van der Waals surface area contributed by atoms with Crippen LogP contribution in [0.1, 0.15) is 30.9 Å². The zero-order valence-electron chi connectivity index (χ0n) is 12.2. The molecule has 20 heavy (non-hydrogen) atoms. The molecule has 0 bridgehead atoms. The maximum absolute atomic E-state index is 6.18. The molecular weight excluding hydrogens is 272 g/mol. The Bertz CT molecular complexity index is 563. The fourth-order valence-electron chi connectivity index (χ4n) is 2.06. The molecule has 0 aliphatic heterocycles. The van der Waals surface area contributed by atoms with Crippen LogP contribution in [-0.2, 0) is 13.1 Å². The predicted octanol–water partition coefficient (Wildman–Crippen LogP) is 3.03. The number of halogens is 1. The van der Waals surface area contributed by atoms with Crippen molar-refractivity contribution in [1.82, 2.24) is 19.9 Å². The van der Waals surface area contributed by atoms with Crippen molar-refractivity contribution in [2.75, 3.05) is 6.54 Å². The number of hydrogen-bond donors (Lipinski definition) is 1. The second-order valence-corrected chi connectivity index (χ2v) is 5.78. The van der Waals surface area contributed by atoms with Gasteiger partial charge in [-0.05, 0) is 31.0 Å². The summed E-state index contributed by atoms with van der Waals surface area (Å²) in [6.07, 6.45) is 5.38. The van der Waals surface area contributed by atoms with Crippen LogP contribution >= 0.6 is 11.6 Å². The highest BCUT2D eigenvalue weighted by atomic mass is 35.5. The van der Waals surface area contributed by atoms with E-state index in [9.17, 15) is 0 Å². The quantitative estimate of drug-likeness (QED) is 0.890. The lowest BCUT2D eigenvalue weighted by Gasteiger charge is -2.13. The van der Waals surface area contributed by atoms with Gasteiger partial charge in [-0.2, -0.15) is 0 Å². The molecule has 0 aliphatic rings. The van der Waals surface area contributed by atoms with Gasteiger partial charge in [0.25, 0.3) is 0 Å². The standard InChI is InChI=1S/C15H21ClN4/c1-11(2)6-18-7-14-8-19-12(3)20(14)10-13-4-5-17-9-15(13)16/h4-5,8-9,11,18H,6-7,10H2,1-3H3. The maximum atomic E-state index is 6.18. The van der Waals surface area contributed by atoms with Gasteiger partial charge in [0, 0.05) is 25.1 Å². The molecule has 0 spiro atoms. The summed E-state index contributed by atoms with van der Waals surface area (Å²) in [6, 6.07) is 1.95. The molecule has 0 saturated heterocycles. The number of pyridine rings is 1. The molecule has 0 saturated carbocycles. The molecule has 0 amide bonds. The molecule has 0 aromatic carbocycles. The summed E-state index contributed by atoms with van der Waals surface area (Å²) in [5.74, 6) is 1.64. The van der Waals surface area contributed by atoms with Gasteiger partial charge in [0.05, 0.1) is 17.3 Å². The average Bonchev–Trinajstić information content (AvgIpc) is 2.74. The van der Waals surface area contributed by atoms with Gasteiger partial charge >= 0.3 is 0 Å². The van der Waals surface area contributed by atoms with Crippen LogP contribution in [0.2, 0.25) is 5.02 Å². The summed E-state index contributed by atoms with van der Waals surface area (Å²) in [5, 5.41) is 4.15. The molecule has 108 valence electrons. The number of rotatable bonds is 6. The molecule has 4 nitrogen and oxygen atoms in total. The summed E-state index contributed by atoms with van der Waals surface area (Å²) in [5.41, 5.74) is 2.24. The highest BCUT2D eigenvalue weighted by Crippen LogP contribution is 2.17. The van der Waals surface area contributed by atoms with Crippen molar-refractivity contribution in [3.05, 3.63) is 46.8 Å². The summed E-state index contributed by atoms with van der Waals surface area (Å²) in [4.78, 5) is 8.42. The van der Waals surface area contributed by atoms with Crippen molar-refractivity contribution in [1.29, 1.82) is 0 Å². The van der Waals surface area contributed by atoms with Crippen LogP contribution in [0.5, 0.6) is 0 Å². The molecule has 0 radical (unpaired) electrons. The Morgan fingerprint density at radius 1 is 1.35 bits per heavy atom. The molecule has 0 fully saturated rings. The molecule has 0 atom stereocenters. The first-order valence-corrected chi connectivity index (χ1v) is 7.26. The van der Waals surface area contributed by atoms with E-state index in [1.807, 2.05) is 19.2 Å². The molecular formula is C15H21ClN4. The first-order chi connectivity index (χ1) is 9.58. The van der Waals surface area contributed by atoms with Gasteiger partial charge in [0.1, 0.15) is 5.82 Å². The van der Waals surface area contributed by atoms with Crippen molar-refractivity contribution < 1.29 is 0 Å². The fraction of sp³-hybridized carbons (Fsp3) is 0.467. The Morgan fingerprint density at radius 2 is 2.15 bits per heavy atom. The molecule has 2 aromatic heterocycles. The number of imidazole rings is 1. The number of nitrogens with zero attached hydrogens (tertiary/aromatic N) is 3. The third-order valence-corrected chi connectivity index (χ3v) is 3.52. The highest BCUT2D eigenvalue weighted by Gasteiger charge is 2.09. The first kappa shape index (κ1) is 15.0. The third kappa shape index (κ3) is 3.81. The Kier molecular flexibility index (Phi) is 5.15. The normalized spacial score (nSPS) is 11.2. The van der Waals surface area contributed by atoms with Gasteiger partial charge in [-0.15, -0.1) is 0 Å². The Balaban J connectivity index is 2.11. The van der Waals surface area contributed by atoms with Crippen molar-refractivity contribution in [2.24, 2.45) is 5.92 Å². The Morgan fingerprint density at radius 3 is 2.85 bits per heavy atom. The number of hydrogen-bond acceptors (Lipinski definition) is 3. The Labute approximate surface area is 125 Å². The number of aromatic nitrogens is 3. The van der Waals surface area contributed by atoms with Gasteiger partial charge in [0.2, 0.25) is 0 Å². The molecule has 5 heteroatoms. The van der Waals surface area contributed by atoms with E-state index in [0.29, 0.717) is 10.9 Å². The molecule has 1 N–H and O–H groups in total. The zero-order valence-corrected chi connectivity index (χ0v) is 13.0. The van der Waals surface area contributed by atoms with E-state index in [-0.39, 0.29) is 0 Å². The molecule has 2 aromatic rings. The average molecular weight is 293 g/mol. The van der Waals surface area contributed by atoms with Crippen LogP contribution in [0.4, 0.5) is 0 Å². The third-order valence-electron chi connectivity index (χ3n) is 3.18. The SMILES string of the molecule is Cc1ncc(CNCC(C)C)n1Cc1ccncc1Cl. The molecule has 0 unspecified atom stereocenters. The van der Waals surface area contributed by atoms with Crippen LogP contribution in [0.15, 0.2) is 24.7 Å². The summed E-state index contributed by atoms with van der Waals surface area (Å²) >= 11 is 6.18. The van der Waals surface area contributed by atoms with E-state index in [1.165, 1.54) is 5.69 Å². The minimum absolute atomic E-state index is 0.641. The lowest BCUT2D eigenvalue weighted by atomic mass is 10.2. The largest absolute Gasteiger partial charge is 0.327 e. The second-order valence-electron chi connectivity index (χ2n) is 5.37. The van der Waals surface area contributed by atoms with Gasteiger partial charge in [0.15, 0.2) is 0 Å². The lowest BCUT2D eigenvalue weighted by Crippen LogP contribution is -2.21. The predicted molar refractivity (Wildman–Crippen MR) is 81.9 cm³/mol. The summed E-state index contributed by atoms with van der Waals surface area (Å²) in [7, 11) is 0. The van der Waals surface area contributed by atoms with Crippen LogP contribution in [0.25, 0.3) is 0 Å². The van der Waals surface area contributed by atoms with Gasteiger partial charge < -0.3 is 9.88 Å². The lowest BCUT2D eigenvalue weighted by molar-refractivity contribution is 0.537. The van der Waals surface area contributed by atoms with Crippen LogP contribution in [0, 0.1) is 12.8 Å². The summed E-state index contributed by atoms with van der Waals surface area (Å²) < 4.78 is 2.19. The van der Waals surface area contributed by atoms with Crippen molar-refractivity contribution in [3.63, 3.8) is 0 Å². The van der Waals surface area contributed by atoms with Crippen molar-refractivity contribution in [3.8, 4) is 0 Å². The van der Waals surface area contributed by atoms with Crippen molar-refractivity contribution in [2.45, 2.75) is 33.9 Å².